The fourth-order valence-electron chi connectivity index (χ4n) is 1.83. The van der Waals surface area contributed by atoms with Crippen LogP contribution >= 0.6 is 34.8 Å². The standard InChI is InChI=1S/C16H10Cl3F2NO3/c1-7(15(23)22-10-3-8(17)2-9(18)4-10)25-16(24)11-5-13(20)14(21)6-12(11)19/h2-7H,1H3,(H,22,23)/t7-/m0/s1. The first-order valence-corrected chi connectivity index (χ1v) is 7.93. The lowest BCUT2D eigenvalue weighted by Gasteiger charge is -2.14. The first-order chi connectivity index (χ1) is 11.7. The summed E-state index contributed by atoms with van der Waals surface area (Å²) in [6, 6.07) is 5.62. The number of amides is 1. The Morgan fingerprint density at radius 3 is 2.16 bits per heavy atom. The molecule has 0 fully saturated rings. The van der Waals surface area contributed by atoms with Crippen LogP contribution in [0.4, 0.5) is 14.5 Å². The molecule has 0 unspecified atom stereocenters. The maximum absolute atomic E-state index is 13.2. The second kappa shape index (κ2) is 7.99. The number of anilines is 1. The van der Waals surface area contributed by atoms with Crippen LogP contribution in [0.5, 0.6) is 0 Å². The van der Waals surface area contributed by atoms with Crippen LogP contribution in [0, 0.1) is 11.6 Å². The summed E-state index contributed by atoms with van der Waals surface area (Å²) in [6.45, 7) is 1.30. The number of rotatable bonds is 4. The third-order valence-electron chi connectivity index (χ3n) is 3.01. The minimum Gasteiger partial charge on any atom is -0.449 e. The molecule has 2 aromatic carbocycles. The Kier molecular flexibility index (Phi) is 6.21. The monoisotopic (exact) mass is 407 g/mol. The number of hydrogen-bond acceptors (Lipinski definition) is 3. The van der Waals surface area contributed by atoms with Gasteiger partial charge in [0, 0.05) is 15.7 Å². The number of hydrogen-bond donors (Lipinski definition) is 1. The molecule has 1 atom stereocenters. The summed E-state index contributed by atoms with van der Waals surface area (Å²) in [5.74, 6) is -4.21. The van der Waals surface area contributed by atoms with Crippen LogP contribution < -0.4 is 5.32 Å². The molecule has 0 aliphatic heterocycles. The zero-order valence-corrected chi connectivity index (χ0v) is 14.8. The maximum Gasteiger partial charge on any atom is 0.340 e. The molecular formula is C16H10Cl3F2NO3. The SMILES string of the molecule is C[C@H](OC(=O)c1cc(F)c(F)cc1Cl)C(=O)Nc1cc(Cl)cc(Cl)c1. The van der Waals surface area contributed by atoms with Crippen molar-refractivity contribution in [3.05, 3.63) is 62.6 Å². The van der Waals surface area contributed by atoms with Gasteiger partial charge in [-0.05, 0) is 37.3 Å². The summed E-state index contributed by atoms with van der Waals surface area (Å²) in [6.07, 6.45) is -1.24. The summed E-state index contributed by atoms with van der Waals surface area (Å²) < 4.78 is 31.2. The molecule has 1 amide bonds. The van der Waals surface area contributed by atoms with E-state index in [9.17, 15) is 18.4 Å². The van der Waals surface area contributed by atoms with Gasteiger partial charge in [0.05, 0.1) is 10.6 Å². The average molecular weight is 409 g/mol. The lowest BCUT2D eigenvalue weighted by atomic mass is 10.2. The highest BCUT2D eigenvalue weighted by molar-refractivity contribution is 6.35. The van der Waals surface area contributed by atoms with E-state index in [2.05, 4.69) is 5.32 Å². The summed E-state index contributed by atoms with van der Waals surface area (Å²) >= 11 is 17.3. The van der Waals surface area contributed by atoms with E-state index in [1.54, 1.807) is 0 Å². The van der Waals surface area contributed by atoms with Crippen molar-refractivity contribution in [3.63, 3.8) is 0 Å². The summed E-state index contributed by atoms with van der Waals surface area (Å²) in [5, 5.41) is 2.74. The molecule has 2 aromatic rings. The lowest BCUT2D eigenvalue weighted by molar-refractivity contribution is -0.123. The van der Waals surface area contributed by atoms with Gasteiger partial charge in [-0.1, -0.05) is 34.8 Å². The van der Waals surface area contributed by atoms with Crippen molar-refractivity contribution < 1.29 is 23.1 Å². The largest absolute Gasteiger partial charge is 0.449 e. The molecule has 0 heterocycles. The average Bonchev–Trinajstić information content (AvgIpc) is 2.49. The minimum absolute atomic E-state index is 0.302. The van der Waals surface area contributed by atoms with E-state index in [0.29, 0.717) is 27.9 Å². The third-order valence-corrected chi connectivity index (χ3v) is 3.76. The molecule has 132 valence electrons. The van der Waals surface area contributed by atoms with Gasteiger partial charge in [0.15, 0.2) is 17.7 Å². The van der Waals surface area contributed by atoms with Gasteiger partial charge in [0.2, 0.25) is 0 Å². The first-order valence-electron chi connectivity index (χ1n) is 6.80. The highest BCUT2D eigenvalue weighted by atomic mass is 35.5. The second-order valence-corrected chi connectivity index (χ2v) is 6.22. The highest BCUT2D eigenvalue weighted by Gasteiger charge is 2.22. The first kappa shape index (κ1) is 19.4. The molecule has 4 nitrogen and oxygen atoms in total. The number of carbonyl (C=O) groups is 2. The van der Waals surface area contributed by atoms with Crippen LogP contribution in [0.25, 0.3) is 0 Å². The van der Waals surface area contributed by atoms with Gasteiger partial charge in [-0.3, -0.25) is 4.79 Å². The van der Waals surface area contributed by atoms with E-state index in [0.717, 1.165) is 0 Å². The number of nitrogens with one attached hydrogen (secondary N) is 1. The highest BCUT2D eigenvalue weighted by Crippen LogP contribution is 2.23. The van der Waals surface area contributed by atoms with E-state index in [4.69, 9.17) is 39.5 Å². The zero-order valence-electron chi connectivity index (χ0n) is 12.6. The number of carbonyl (C=O) groups excluding carboxylic acids is 2. The number of halogens is 5. The van der Waals surface area contributed by atoms with Gasteiger partial charge >= 0.3 is 5.97 Å². The van der Waals surface area contributed by atoms with Crippen LogP contribution in [-0.4, -0.2) is 18.0 Å². The van der Waals surface area contributed by atoms with Crippen molar-refractivity contribution >= 4 is 52.4 Å². The Morgan fingerprint density at radius 2 is 1.56 bits per heavy atom. The van der Waals surface area contributed by atoms with Gasteiger partial charge < -0.3 is 10.1 Å². The molecule has 25 heavy (non-hydrogen) atoms. The predicted octanol–water partition coefficient (Wildman–Crippen LogP) is 5.11. The van der Waals surface area contributed by atoms with Crippen molar-refractivity contribution in [2.24, 2.45) is 0 Å². The molecule has 0 saturated carbocycles. The van der Waals surface area contributed by atoms with Crippen molar-refractivity contribution in [1.29, 1.82) is 0 Å². The Labute approximate surface area is 156 Å². The van der Waals surface area contributed by atoms with E-state index >= 15 is 0 Å². The molecule has 0 aromatic heterocycles. The fourth-order valence-corrected chi connectivity index (χ4v) is 2.58. The molecule has 0 saturated heterocycles. The molecule has 0 spiro atoms. The normalized spacial score (nSPS) is 11.8. The maximum atomic E-state index is 13.2. The van der Waals surface area contributed by atoms with E-state index < -0.39 is 35.2 Å². The molecular weight excluding hydrogens is 399 g/mol. The van der Waals surface area contributed by atoms with Crippen molar-refractivity contribution in [2.45, 2.75) is 13.0 Å². The van der Waals surface area contributed by atoms with Crippen LogP contribution in [0.3, 0.4) is 0 Å². The van der Waals surface area contributed by atoms with Gasteiger partial charge in [-0.15, -0.1) is 0 Å². The van der Waals surface area contributed by atoms with Gasteiger partial charge in [-0.2, -0.15) is 0 Å². The van der Waals surface area contributed by atoms with Crippen molar-refractivity contribution in [2.75, 3.05) is 5.32 Å². The second-order valence-electron chi connectivity index (χ2n) is 4.94. The van der Waals surface area contributed by atoms with Gasteiger partial charge in [0.25, 0.3) is 5.91 Å². The van der Waals surface area contributed by atoms with Gasteiger partial charge in [-0.25, -0.2) is 13.6 Å². The quantitative estimate of drug-likeness (QED) is 0.565. The molecule has 0 radical (unpaired) electrons. The molecule has 0 bridgehead atoms. The summed E-state index contributed by atoms with van der Waals surface area (Å²) in [4.78, 5) is 24.1. The van der Waals surface area contributed by atoms with Crippen LogP contribution in [0.2, 0.25) is 15.1 Å². The Bertz CT molecular complexity index is 825. The minimum atomic E-state index is -1.26. The van der Waals surface area contributed by atoms with E-state index in [1.807, 2.05) is 0 Å². The summed E-state index contributed by atoms with van der Waals surface area (Å²) in [7, 11) is 0. The van der Waals surface area contributed by atoms with Crippen LogP contribution in [0.15, 0.2) is 30.3 Å². The molecule has 1 N–H and O–H groups in total. The third kappa shape index (κ3) is 5.04. The van der Waals surface area contributed by atoms with E-state index in [1.165, 1.54) is 25.1 Å². The topological polar surface area (TPSA) is 55.4 Å². The van der Waals surface area contributed by atoms with E-state index in [-0.39, 0.29) is 5.02 Å². The lowest BCUT2D eigenvalue weighted by Crippen LogP contribution is -2.30. The molecule has 0 aliphatic rings. The number of benzene rings is 2. The molecule has 9 heteroatoms. The number of ether oxygens (including phenoxy) is 1. The van der Waals surface area contributed by atoms with Crippen LogP contribution in [0.1, 0.15) is 17.3 Å². The Balaban J connectivity index is 2.08. The van der Waals surface area contributed by atoms with Crippen LogP contribution in [-0.2, 0) is 9.53 Å². The fraction of sp³-hybridized carbons (Fsp3) is 0.125. The van der Waals surface area contributed by atoms with Crippen molar-refractivity contribution in [3.8, 4) is 0 Å². The van der Waals surface area contributed by atoms with Crippen molar-refractivity contribution in [1.82, 2.24) is 0 Å². The molecule has 0 aliphatic carbocycles. The predicted molar refractivity (Wildman–Crippen MR) is 91.3 cm³/mol. The Morgan fingerprint density at radius 1 is 1.00 bits per heavy atom. The van der Waals surface area contributed by atoms with Gasteiger partial charge in [0.1, 0.15) is 0 Å². The Hall–Kier alpha value is -1.89. The smallest absolute Gasteiger partial charge is 0.340 e. The summed E-state index contributed by atoms with van der Waals surface area (Å²) in [5.41, 5.74) is -0.0951. The number of esters is 1. The molecule has 2 rings (SSSR count). The zero-order chi connectivity index (χ0) is 18.7.